The maximum atomic E-state index is 13.7. The van der Waals surface area contributed by atoms with Gasteiger partial charge in [-0.3, -0.25) is 4.79 Å². The Labute approximate surface area is 188 Å². The Balaban J connectivity index is 0.00000160. The molecule has 0 spiro atoms. The van der Waals surface area contributed by atoms with Crippen LogP contribution >= 0.6 is 24.8 Å². The van der Waals surface area contributed by atoms with Gasteiger partial charge < -0.3 is 15.2 Å². The number of rotatable bonds is 4. The minimum Gasteiger partial charge on any atom is -0.324 e. The zero-order valence-electron chi connectivity index (χ0n) is 17.2. The van der Waals surface area contributed by atoms with Gasteiger partial charge in [0, 0.05) is 23.4 Å². The molecule has 1 atom stereocenters. The highest BCUT2D eigenvalue weighted by Gasteiger charge is 2.23. The smallest absolute Gasteiger partial charge is 0.241 e. The van der Waals surface area contributed by atoms with Crippen LogP contribution in [0.2, 0.25) is 0 Å². The van der Waals surface area contributed by atoms with Crippen LogP contribution in [0.15, 0.2) is 36.4 Å². The number of amides is 1. The van der Waals surface area contributed by atoms with Crippen LogP contribution in [0.4, 0.5) is 10.1 Å². The van der Waals surface area contributed by atoms with Crippen molar-refractivity contribution >= 4 is 47.4 Å². The molecule has 1 fully saturated rings. The van der Waals surface area contributed by atoms with E-state index in [1.165, 1.54) is 12.1 Å². The first-order valence-corrected chi connectivity index (χ1v) is 9.77. The molecule has 162 valence electrons. The summed E-state index contributed by atoms with van der Waals surface area (Å²) in [6, 6.07) is 10.6. The Bertz CT molecular complexity index is 1050. The predicted octanol–water partition coefficient (Wildman–Crippen LogP) is 5.27. The van der Waals surface area contributed by atoms with E-state index in [1.54, 1.807) is 6.07 Å². The monoisotopic (exact) mass is 452 g/mol. The van der Waals surface area contributed by atoms with Gasteiger partial charge in [0.2, 0.25) is 5.91 Å². The van der Waals surface area contributed by atoms with Crippen molar-refractivity contribution in [3.8, 4) is 11.4 Å². The number of fused-ring (bicyclic) bond motifs is 1. The molecule has 30 heavy (non-hydrogen) atoms. The van der Waals surface area contributed by atoms with Gasteiger partial charge in [-0.05, 0) is 63.9 Å². The van der Waals surface area contributed by atoms with Crippen LogP contribution in [0.5, 0.6) is 0 Å². The third kappa shape index (κ3) is 4.61. The van der Waals surface area contributed by atoms with Crippen molar-refractivity contribution in [2.75, 3.05) is 11.9 Å². The average molecular weight is 453 g/mol. The van der Waals surface area contributed by atoms with E-state index in [2.05, 4.69) is 29.0 Å². The predicted molar refractivity (Wildman–Crippen MR) is 124 cm³/mol. The van der Waals surface area contributed by atoms with Crippen LogP contribution in [-0.4, -0.2) is 28.0 Å². The molecule has 1 amide bonds. The molecule has 1 aliphatic rings. The fraction of sp³-hybridized carbons (Fsp3) is 0.364. The lowest BCUT2D eigenvalue weighted by Crippen LogP contribution is -2.35. The largest absolute Gasteiger partial charge is 0.324 e. The minimum absolute atomic E-state index is 0. The molecule has 2 heterocycles. The Hall–Kier alpha value is -2.15. The number of carbonyl (C=O) groups excluding carboxylic acids is 1. The number of benzene rings is 2. The second-order valence-electron chi connectivity index (χ2n) is 7.70. The van der Waals surface area contributed by atoms with Gasteiger partial charge in [-0.25, -0.2) is 9.37 Å². The number of nitrogens with one attached hydrogen (secondary N) is 2. The second kappa shape index (κ2) is 9.77. The number of hydrogen-bond acceptors (Lipinski definition) is 3. The van der Waals surface area contributed by atoms with Gasteiger partial charge in [-0.15, -0.1) is 24.8 Å². The summed E-state index contributed by atoms with van der Waals surface area (Å²) in [5.74, 6) is 0.468. The van der Waals surface area contributed by atoms with Gasteiger partial charge in [0.1, 0.15) is 11.6 Å². The third-order valence-corrected chi connectivity index (χ3v) is 5.30. The highest BCUT2D eigenvalue weighted by molar-refractivity contribution is 5.96. The first-order valence-electron chi connectivity index (χ1n) is 9.77. The molecular weight excluding hydrogens is 426 g/mol. The SMILES string of the molecule is Cc1ccc(-c2nc3cc(F)ccc3n2C(C)C)cc1NC(=O)C1CCCN1.Cl.Cl. The van der Waals surface area contributed by atoms with Gasteiger partial charge >= 0.3 is 0 Å². The molecule has 1 unspecified atom stereocenters. The van der Waals surface area contributed by atoms with Crippen LogP contribution in [0.1, 0.15) is 38.3 Å². The average Bonchev–Trinajstić information content (AvgIpc) is 3.30. The van der Waals surface area contributed by atoms with E-state index in [1.807, 2.05) is 25.1 Å². The molecule has 0 saturated carbocycles. The summed E-state index contributed by atoms with van der Waals surface area (Å²) in [6.45, 7) is 7.02. The van der Waals surface area contributed by atoms with Crippen molar-refractivity contribution in [2.45, 2.75) is 45.7 Å². The second-order valence-corrected chi connectivity index (χ2v) is 7.70. The van der Waals surface area contributed by atoms with Gasteiger partial charge in [-0.2, -0.15) is 0 Å². The first-order chi connectivity index (χ1) is 13.4. The number of imidazole rings is 1. The summed E-state index contributed by atoms with van der Waals surface area (Å²) in [5, 5.41) is 6.28. The molecule has 0 bridgehead atoms. The molecule has 0 radical (unpaired) electrons. The van der Waals surface area contributed by atoms with Crippen molar-refractivity contribution in [2.24, 2.45) is 0 Å². The lowest BCUT2D eigenvalue weighted by Gasteiger charge is -2.16. The third-order valence-electron chi connectivity index (χ3n) is 5.30. The molecule has 3 aromatic rings. The minimum atomic E-state index is -0.298. The first kappa shape index (κ1) is 24.1. The zero-order chi connectivity index (χ0) is 19.8. The Morgan fingerprint density at radius 2 is 2.00 bits per heavy atom. The topological polar surface area (TPSA) is 59.0 Å². The number of hydrogen-bond donors (Lipinski definition) is 2. The van der Waals surface area contributed by atoms with Gasteiger partial charge in [0.05, 0.1) is 17.1 Å². The van der Waals surface area contributed by atoms with E-state index in [9.17, 15) is 9.18 Å². The van der Waals surface area contributed by atoms with Crippen molar-refractivity contribution < 1.29 is 9.18 Å². The van der Waals surface area contributed by atoms with Crippen LogP contribution < -0.4 is 10.6 Å². The molecule has 0 aliphatic carbocycles. The molecule has 4 rings (SSSR count). The highest BCUT2D eigenvalue weighted by Crippen LogP contribution is 2.31. The number of halogens is 3. The normalized spacial score (nSPS) is 15.7. The summed E-state index contributed by atoms with van der Waals surface area (Å²) in [6.07, 6.45) is 1.88. The molecule has 8 heteroatoms. The Kier molecular flexibility index (Phi) is 7.86. The van der Waals surface area contributed by atoms with Crippen LogP contribution in [0.3, 0.4) is 0 Å². The fourth-order valence-corrected chi connectivity index (χ4v) is 3.82. The maximum absolute atomic E-state index is 13.7. The van der Waals surface area contributed by atoms with Crippen LogP contribution in [0, 0.1) is 12.7 Å². The van der Waals surface area contributed by atoms with Gasteiger partial charge in [-0.1, -0.05) is 12.1 Å². The molecule has 1 aliphatic heterocycles. The van der Waals surface area contributed by atoms with E-state index < -0.39 is 0 Å². The number of carbonyl (C=O) groups is 1. The number of anilines is 1. The summed E-state index contributed by atoms with van der Waals surface area (Å²) < 4.78 is 15.8. The lowest BCUT2D eigenvalue weighted by molar-refractivity contribution is -0.117. The fourth-order valence-electron chi connectivity index (χ4n) is 3.82. The maximum Gasteiger partial charge on any atom is 0.241 e. The molecule has 2 N–H and O–H groups in total. The van der Waals surface area contributed by atoms with E-state index in [4.69, 9.17) is 4.98 Å². The standard InChI is InChI=1S/C22H25FN4O.2ClH/c1-13(2)27-20-9-8-16(23)12-19(20)25-21(27)15-7-6-14(3)18(11-15)26-22(28)17-5-4-10-24-17;;/h6-9,11-13,17,24H,4-5,10H2,1-3H3,(H,26,28);2*1H. The summed E-state index contributed by atoms with van der Waals surface area (Å²) in [4.78, 5) is 17.2. The zero-order valence-corrected chi connectivity index (χ0v) is 18.9. The summed E-state index contributed by atoms with van der Waals surface area (Å²) in [7, 11) is 0. The van der Waals surface area contributed by atoms with E-state index in [-0.39, 0.29) is 48.6 Å². The van der Waals surface area contributed by atoms with Crippen molar-refractivity contribution in [1.82, 2.24) is 14.9 Å². The van der Waals surface area contributed by atoms with Crippen molar-refractivity contribution in [3.05, 3.63) is 47.8 Å². The lowest BCUT2D eigenvalue weighted by atomic mass is 10.1. The molecule has 5 nitrogen and oxygen atoms in total. The van der Waals surface area contributed by atoms with Crippen molar-refractivity contribution in [3.63, 3.8) is 0 Å². The summed E-state index contributed by atoms with van der Waals surface area (Å²) >= 11 is 0. The Morgan fingerprint density at radius 1 is 1.23 bits per heavy atom. The van der Waals surface area contributed by atoms with Gasteiger partial charge in [0.15, 0.2) is 0 Å². The van der Waals surface area contributed by atoms with Crippen LogP contribution in [-0.2, 0) is 4.79 Å². The molecule has 2 aromatic carbocycles. The summed E-state index contributed by atoms with van der Waals surface area (Å²) in [5.41, 5.74) is 4.20. The number of nitrogens with zero attached hydrogens (tertiary/aromatic N) is 2. The highest BCUT2D eigenvalue weighted by atomic mass is 35.5. The molecule has 1 saturated heterocycles. The van der Waals surface area contributed by atoms with E-state index in [0.717, 1.165) is 47.5 Å². The van der Waals surface area contributed by atoms with E-state index in [0.29, 0.717) is 5.52 Å². The van der Waals surface area contributed by atoms with Crippen molar-refractivity contribution in [1.29, 1.82) is 0 Å². The van der Waals surface area contributed by atoms with Crippen LogP contribution in [0.25, 0.3) is 22.4 Å². The number of aryl methyl sites for hydroxylation is 1. The molecular formula is C22H27Cl2FN4O. The Morgan fingerprint density at radius 3 is 2.67 bits per heavy atom. The quantitative estimate of drug-likeness (QED) is 0.566. The number of aromatic nitrogens is 2. The van der Waals surface area contributed by atoms with E-state index >= 15 is 0 Å². The van der Waals surface area contributed by atoms with Gasteiger partial charge in [0.25, 0.3) is 0 Å². The molecule has 1 aromatic heterocycles.